The highest BCUT2D eigenvalue weighted by molar-refractivity contribution is 5.98. The summed E-state index contributed by atoms with van der Waals surface area (Å²) in [7, 11) is 1.57. The second-order valence-corrected chi connectivity index (χ2v) is 9.23. The Morgan fingerprint density at radius 1 is 1.13 bits per heavy atom. The maximum atomic E-state index is 13.8. The van der Waals surface area contributed by atoms with E-state index in [1.54, 1.807) is 13.2 Å². The van der Waals surface area contributed by atoms with Gasteiger partial charge in [0.2, 0.25) is 5.43 Å². The van der Waals surface area contributed by atoms with E-state index in [0.29, 0.717) is 63.5 Å². The van der Waals surface area contributed by atoms with Gasteiger partial charge in [-0.3, -0.25) is 4.79 Å². The minimum absolute atomic E-state index is 0.0292. The third-order valence-electron chi connectivity index (χ3n) is 6.30. The fourth-order valence-electron chi connectivity index (χ4n) is 4.55. The molecule has 0 aliphatic carbocycles. The highest BCUT2D eigenvalue weighted by atomic mass is 16.5. The van der Waals surface area contributed by atoms with Crippen molar-refractivity contribution in [3.63, 3.8) is 0 Å². The number of aromatic hydroxyl groups is 1. The Morgan fingerprint density at radius 2 is 1.87 bits per heavy atom. The van der Waals surface area contributed by atoms with Crippen LogP contribution in [0.5, 0.6) is 23.0 Å². The van der Waals surface area contributed by atoms with Crippen LogP contribution < -0.4 is 19.6 Å². The minimum atomic E-state index is -0.428. The molecular weight excluding hydrogens is 384 g/mol. The molecule has 30 heavy (non-hydrogen) atoms. The van der Waals surface area contributed by atoms with Gasteiger partial charge in [-0.05, 0) is 32.6 Å². The van der Waals surface area contributed by atoms with Gasteiger partial charge in [-0.25, -0.2) is 0 Å². The molecule has 1 aromatic heterocycles. The second-order valence-electron chi connectivity index (χ2n) is 9.23. The van der Waals surface area contributed by atoms with Crippen LogP contribution in [0, 0.1) is 5.92 Å². The number of methoxy groups -OCH3 is 1. The van der Waals surface area contributed by atoms with Crippen molar-refractivity contribution in [1.29, 1.82) is 0 Å². The van der Waals surface area contributed by atoms with Gasteiger partial charge in [0.1, 0.15) is 39.8 Å². The van der Waals surface area contributed by atoms with Crippen molar-refractivity contribution >= 4 is 21.9 Å². The van der Waals surface area contributed by atoms with Crippen LogP contribution in [0.2, 0.25) is 0 Å². The lowest BCUT2D eigenvalue weighted by atomic mass is 9.91. The summed E-state index contributed by atoms with van der Waals surface area (Å²) in [4.78, 5) is 13.8. The molecule has 0 radical (unpaired) electrons. The summed E-state index contributed by atoms with van der Waals surface area (Å²) in [6.07, 6.45) is 1.98. The van der Waals surface area contributed by atoms with Crippen molar-refractivity contribution < 1.29 is 23.7 Å². The first kappa shape index (κ1) is 19.1. The maximum Gasteiger partial charge on any atom is 0.204 e. The van der Waals surface area contributed by atoms with E-state index in [2.05, 4.69) is 13.8 Å². The normalized spacial score (nSPS) is 19.5. The van der Waals surface area contributed by atoms with Gasteiger partial charge in [0, 0.05) is 29.7 Å². The molecule has 0 saturated carbocycles. The zero-order valence-electron chi connectivity index (χ0n) is 17.9. The van der Waals surface area contributed by atoms with E-state index < -0.39 is 5.60 Å². The van der Waals surface area contributed by atoms with Gasteiger partial charge in [-0.2, -0.15) is 0 Å². The lowest BCUT2D eigenvalue weighted by Gasteiger charge is -2.33. The first-order valence-electron chi connectivity index (χ1n) is 10.4. The molecule has 3 heterocycles. The molecule has 0 bridgehead atoms. The molecule has 0 fully saturated rings. The molecule has 0 spiro atoms. The largest absolute Gasteiger partial charge is 0.507 e. The molecule has 0 unspecified atom stereocenters. The molecule has 2 aliphatic rings. The Labute approximate surface area is 174 Å². The molecule has 2 aromatic carbocycles. The number of hydrogen-bond donors (Lipinski definition) is 1. The van der Waals surface area contributed by atoms with E-state index in [1.165, 1.54) is 6.07 Å². The van der Waals surface area contributed by atoms with Crippen molar-refractivity contribution in [2.75, 3.05) is 7.11 Å². The standard InChI is InChI=1S/C24H26O6/c1-11(2)15-8-13-19-17(10-18(27-5)22(13)29-15)28-16-9-14(25)12-6-7-24(3,4)30-23(12)20(16)21(19)26/h9-11,15,25H,6-8H2,1-5H3/t15-/m1/s1. The summed E-state index contributed by atoms with van der Waals surface area (Å²) < 4.78 is 24.0. The monoisotopic (exact) mass is 410 g/mol. The Morgan fingerprint density at radius 3 is 2.57 bits per heavy atom. The summed E-state index contributed by atoms with van der Waals surface area (Å²) in [5, 5.41) is 11.4. The molecule has 1 atom stereocenters. The van der Waals surface area contributed by atoms with Gasteiger partial charge in [-0.15, -0.1) is 0 Å². The zero-order valence-corrected chi connectivity index (χ0v) is 17.9. The van der Waals surface area contributed by atoms with Crippen LogP contribution in [0.15, 0.2) is 21.3 Å². The molecule has 0 saturated heterocycles. The van der Waals surface area contributed by atoms with E-state index in [0.717, 1.165) is 12.0 Å². The highest BCUT2D eigenvalue weighted by Gasteiger charge is 2.35. The third kappa shape index (κ3) is 2.66. The van der Waals surface area contributed by atoms with E-state index in [1.807, 2.05) is 13.8 Å². The van der Waals surface area contributed by atoms with Crippen LogP contribution in [0.25, 0.3) is 21.9 Å². The smallest absolute Gasteiger partial charge is 0.204 e. The average molecular weight is 410 g/mol. The molecule has 6 nitrogen and oxygen atoms in total. The van der Waals surface area contributed by atoms with Crippen molar-refractivity contribution in [1.82, 2.24) is 0 Å². The van der Waals surface area contributed by atoms with E-state index in [9.17, 15) is 9.90 Å². The molecule has 6 heteroatoms. The molecule has 1 N–H and O–H groups in total. The van der Waals surface area contributed by atoms with Crippen LogP contribution in [0.4, 0.5) is 0 Å². The highest BCUT2D eigenvalue weighted by Crippen LogP contribution is 2.46. The van der Waals surface area contributed by atoms with Gasteiger partial charge in [0.25, 0.3) is 0 Å². The van der Waals surface area contributed by atoms with Gasteiger partial charge in [0.05, 0.1) is 12.5 Å². The molecule has 2 aliphatic heterocycles. The predicted octanol–water partition coefficient (Wildman–Crippen LogP) is 4.72. The van der Waals surface area contributed by atoms with E-state index in [-0.39, 0.29) is 17.3 Å². The van der Waals surface area contributed by atoms with Crippen LogP contribution in [-0.2, 0) is 12.8 Å². The van der Waals surface area contributed by atoms with E-state index in [4.69, 9.17) is 18.6 Å². The molecule has 0 amide bonds. The van der Waals surface area contributed by atoms with Crippen LogP contribution in [-0.4, -0.2) is 23.9 Å². The Hall–Kier alpha value is -2.89. The Balaban J connectivity index is 1.87. The summed E-state index contributed by atoms with van der Waals surface area (Å²) in [6, 6.07) is 3.21. The molecule has 158 valence electrons. The van der Waals surface area contributed by atoms with Gasteiger partial charge in [0.15, 0.2) is 11.5 Å². The quantitative estimate of drug-likeness (QED) is 0.616. The SMILES string of the molecule is COc1cc2oc3cc(O)c4c(c3c(=O)c2c2c1O[C@@H](C(C)C)C2)OC(C)(C)CC4. The number of phenolic OH excluding ortho intramolecular Hbond substituents is 1. The van der Waals surface area contributed by atoms with Crippen LogP contribution >= 0.6 is 0 Å². The number of hydrogen-bond acceptors (Lipinski definition) is 6. The summed E-state index contributed by atoms with van der Waals surface area (Å²) >= 11 is 0. The van der Waals surface area contributed by atoms with E-state index >= 15 is 0 Å². The summed E-state index contributed by atoms with van der Waals surface area (Å²) in [5.74, 6) is 1.97. The minimum Gasteiger partial charge on any atom is -0.507 e. The number of phenols is 1. The maximum absolute atomic E-state index is 13.8. The Bertz CT molecular complexity index is 1250. The summed E-state index contributed by atoms with van der Waals surface area (Å²) in [6.45, 7) is 8.16. The number of fused-ring (bicyclic) bond motifs is 6. The van der Waals surface area contributed by atoms with Crippen molar-refractivity contribution in [3.8, 4) is 23.0 Å². The topological polar surface area (TPSA) is 78.1 Å². The number of benzene rings is 2. The van der Waals surface area contributed by atoms with Crippen LogP contribution in [0.3, 0.4) is 0 Å². The first-order chi connectivity index (χ1) is 14.2. The molecule has 3 aromatic rings. The van der Waals surface area contributed by atoms with Crippen molar-refractivity contribution in [3.05, 3.63) is 33.5 Å². The van der Waals surface area contributed by atoms with Gasteiger partial charge in [-0.1, -0.05) is 13.8 Å². The average Bonchev–Trinajstić information content (AvgIpc) is 3.11. The number of ether oxygens (including phenoxy) is 3. The van der Waals surface area contributed by atoms with Crippen LogP contribution in [0.1, 0.15) is 45.2 Å². The lowest BCUT2D eigenvalue weighted by Crippen LogP contribution is -2.33. The van der Waals surface area contributed by atoms with Crippen molar-refractivity contribution in [2.24, 2.45) is 5.92 Å². The Kier molecular flexibility index (Phi) is 4.01. The second kappa shape index (κ2) is 6.30. The van der Waals surface area contributed by atoms with Gasteiger partial charge < -0.3 is 23.7 Å². The molecule has 5 rings (SSSR count). The van der Waals surface area contributed by atoms with Gasteiger partial charge >= 0.3 is 0 Å². The third-order valence-corrected chi connectivity index (χ3v) is 6.30. The fourth-order valence-corrected chi connectivity index (χ4v) is 4.55. The predicted molar refractivity (Wildman–Crippen MR) is 114 cm³/mol. The fraction of sp³-hybridized carbons (Fsp3) is 0.458. The lowest BCUT2D eigenvalue weighted by molar-refractivity contribution is 0.0858. The summed E-state index contributed by atoms with van der Waals surface area (Å²) in [5.41, 5.74) is 1.62. The number of rotatable bonds is 2. The molecular formula is C24H26O6. The zero-order chi connectivity index (χ0) is 21.4. The van der Waals surface area contributed by atoms with Crippen molar-refractivity contribution in [2.45, 2.75) is 58.7 Å². The first-order valence-corrected chi connectivity index (χ1v) is 10.4.